The van der Waals surface area contributed by atoms with E-state index in [2.05, 4.69) is 64.6 Å². The molecule has 2 aromatic rings. The molecule has 2 aromatic carbocycles. The average molecular weight is 334 g/mol. The van der Waals surface area contributed by atoms with Crippen LogP contribution in [0.1, 0.15) is 24.9 Å². The maximum atomic E-state index is 5.59. The quantitative estimate of drug-likeness (QED) is 0.901. The lowest BCUT2D eigenvalue weighted by molar-refractivity contribution is 0.177. The van der Waals surface area contributed by atoms with Gasteiger partial charge in [0.05, 0.1) is 6.61 Å². The molecule has 0 saturated carbocycles. The van der Waals surface area contributed by atoms with Gasteiger partial charge in [-0.2, -0.15) is 0 Å². The highest BCUT2D eigenvalue weighted by molar-refractivity contribution is 9.10. The molecule has 1 aliphatic rings. The Morgan fingerprint density at radius 3 is 2.75 bits per heavy atom. The average Bonchev–Trinajstić information content (AvgIpc) is 3.00. The summed E-state index contributed by atoms with van der Waals surface area (Å²) in [5, 5.41) is 6.27. The zero-order valence-corrected chi connectivity index (χ0v) is 13.3. The van der Waals surface area contributed by atoms with Gasteiger partial charge in [-0.3, -0.25) is 0 Å². The molecule has 2 nitrogen and oxygen atoms in total. The van der Waals surface area contributed by atoms with Crippen LogP contribution in [0.15, 0.2) is 40.9 Å². The summed E-state index contributed by atoms with van der Waals surface area (Å²) in [5.41, 5.74) is 1.39. The van der Waals surface area contributed by atoms with Crippen molar-refractivity contribution in [2.45, 2.75) is 19.4 Å². The highest BCUT2D eigenvalue weighted by atomic mass is 79.9. The van der Waals surface area contributed by atoms with E-state index < -0.39 is 0 Å². The van der Waals surface area contributed by atoms with E-state index in [0.717, 1.165) is 30.7 Å². The molecule has 0 aromatic heterocycles. The van der Waals surface area contributed by atoms with Gasteiger partial charge in [-0.15, -0.1) is 0 Å². The molecule has 2 unspecified atom stereocenters. The van der Waals surface area contributed by atoms with Gasteiger partial charge in [0.1, 0.15) is 0 Å². The number of hydrogen-bond acceptors (Lipinski definition) is 2. The zero-order chi connectivity index (χ0) is 13.9. The number of halogens is 1. The third-order valence-electron chi connectivity index (χ3n) is 4.10. The summed E-state index contributed by atoms with van der Waals surface area (Å²) in [7, 11) is 0. The summed E-state index contributed by atoms with van der Waals surface area (Å²) in [4.78, 5) is 0. The molecule has 0 amide bonds. The van der Waals surface area contributed by atoms with Crippen LogP contribution in [0.4, 0.5) is 0 Å². The van der Waals surface area contributed by atoms with E-state index in [-0.39, 0.29) is 0 Å². The van der Waals surface area contributed by atoms with E-state index in [9.17, 15) is 0 Å². The Morgan fingerprint density at radius 1 is 1.25 bits per heavy atom. The van der Waals surface area contributed by atoms with Crippen molar-refractivity contribution in [2.75, 3.05) is 19.8 Å². The van der Waals surface area contributed by atoms with Crippen LogP contribution < -0.4 is 5.32 Å². The zero-order valence-electron chi connectivity index (χ0n) is 11.7. The van der Waals surface area contributed by atoms with E-state index in [1.54, 1.807) is 0 Å². The highest BCUT2D eigenvalue weighted by Crippen LogP contribution is 2.35. The number of rotatable bonds is 4. The van der Waals surface area contributed by atoms with Crippen molar-refractivity contribution in [3.05, 3.63) is 46.4 Å². The third-order valence-corrected chi connectivity index (χ3v) is 4.79. The molecule has 0 radical (unpaired) electrons. The largest absolute Gasteiger partial charge is 0.381 e. The molecule has 0 spiro atoms. The van der Waals surface area contributed by atoms with Crippen molar-refractivity contribution in [3.8, 4) is 0 Å². The molecule has 1 fully saturated rings. The predicted molar refractivity (Wildman–Crippen MR) is 87.0 cm³/mol. The minimum atomic E-state index is 0.375. The van der Waals surface area contributed by atoms with Crippen molar-refractivity contribution < 1.29 is 4.74 Å². The van der Waals surface area contributed by atoms with Crippen LogP contribution in [0.5, 0.6) is 0 Å². The first kappa shape index (κ1) is 14.1. The summed E-state index contributed by atoms with van der Waals surface area (Å²) in [6.45, 7) is 4.90. The summed E-state index contributed by atoms with van der Waals surface area (Å²) < 4.78 is 6.75. The molecule has 2 atom stereocenters. The molecule has 20 heavy (non-hydrogen) atoms. The van der Waals surface area contributed by atoms with E-state index in [0.29, 0.717) is 12.0 Å². The number of benzene rings is 2. The lowest BCUT2D eigenvalue weighted by Crippen LogP contribution is -2.28. The summed E-state index contributed by atoms with van der Waals surface area (Å²) in [5.74, 6) is 0.569. The second kappa shape index (κ2) is 6.25. The van der Waals surface area contributed by atoms with Crippen LogP contribution in [0.3, 0.4) is 0 Å². The van der Waals surface area contributed by atoms with Crippen LogP contribution in [0, 0.1) is 5.92 Å². The fraction of sp³-hybridized carbons (Fsp3) is 0.412. The number of nitrogens with one attached hydrogen (secondary N) is 1. The smallest absolute Gasteiger partial charge is 0.0513 e. The van der Waals surface area contributed by atoms with Crippen LogP contribution in [-0.2, 0) is 4.74 Å². The number of hydrogen-bond donors (Lipinski definition) is 1. The highest BCUT2D eigenvalue weighted by Gasteiger charge is 2.27. The van der Waals surface area contributed by atoms with Crippen molar-refractivity contribution in [1.82, 2.24) is 5.32 Å². The van der Waals surface area contributed by atoms with Crippen LogP contribution in [0.2, 0.25) is 0 Å². The lowest BCUT2D eigenvalue weighted by atomic mass is 9.89. The topological polar surface area (TPSA) is 21.3 Å². The van der Waals surface area contributed by atoms with Crippen LogP contribution in [0.25, 0.3) is 10.8 Å². The summed E-state index contributed by atoms with van der Waals surface area (Å²) in [6.07, 6.45) is 1.14. The molecule has 1 aliphatic heterocycles. The molecule has 106 valence electrons. The second-order valence-electron chi connectivity index (χ2n) is 5.34. The normalized spacial score (nSPS) is 20.4. The van der Waals surface area contributed by atoms with Gasteiger partial charge in [-0.1, -0.05) is 53.2 Å². The standard InChI is InChI=1S/C17H20BrNO/c1-2-19-17(12-9-10-20-11-12)15-7-8-16(18)14-6-4-3-5-13(14)15/h3-8,12,17,19H,2,9-11H2,1H3. The Bertz CT molecular complexity index is 593. The molecule has 1 N–H and O–H groups in total. The minimum absolute atomic E-state index is 0.375. The SMILES string of the molecule is CCNC(c1ccc(Br)c2ccccc12)C1CCOC1. The Hall–Kier alpha value is -0.900. The molecular formula is C17H20BrNO. The maximum absolute atomic E-state index is 5.59. The fourth-order valence-corrected chi connectivity index (χ4v) is 3.60. The monoisotopic (exact) mass is 333 g/mol. The van der Waals surface area contributed by atoms with Gasteiger partial charge in [0.25, 0.3) is 0 Å². The molecule has 1 heterocycles. The summed E-state index contributed by atoms with van der Waals surface area (Å²) in [6, 6.07) is 13.4. The summed E-state index contributed by atoms with van der Waals surface area (Å²) >= 11 is 3.66. The third kappa shape index (κ3) is 2.62. The van der Waals surface area contributed by atoms with Crippen molar-refractivity contribution in [2.24, 2.45) is 5.92 Å². The number of fused-ring (bicyclic) bond motifs is 1. The van der Waals surface area contributed by atoms with Gasteiger partial charge in [0, 0.05) is 23.0 Å². The van der Waals surface area contributed by atoms with E-state index >= 15 is 0 Å². The second-order valence-corrected chi connectivity index (χ2v) is 6.20. The Kier molecular flexibility index (Phi) is 4.39. The van der Waals surface area contributed by atoms with Crippen LogP contribution in [-0.4, -0.2) is 19.8 Å². The van der Waals surface area contributed by atoms with Crippen LogP contribution >= 0.6 is 15.9 Å². The van der Waals surface area contributed by atoms with Gasteiger partial charge in [0.15, 0.2) is 0 Å². The molecule has 3 rings (SSSR count). The Balaban J connectivity index is 2.08. The van der Waals surface area contributed by atoms with E-state index in [4.69, 9.17) is 4.74 Å². The Morgan fingerprint density at radius 2 is 2.05 bits per heavy atom. The van der Waals surface area contributed by atoms with Crippen molar-refractivity contribution >= 4 is 26.7 Å². The van der Waals surface area contributed by atoms with Crippen molar-refractivity contribution in [1.29, 1.82) is 0 Å². The lowest BCUT2D eigenvalue weighted by Gasteiger charge is -2.25. The van der Waals surface area contributed by atoms with Gasteiger partial charge in [0.2, 0.25) is 0 Å². The predicted octanol–water partition coefficient (Wildman–Crippen LogP) is 4.29. The molecular weight excluding hydrogens is 314 g/mol. The maximum Gasteiger partial charge on any atom is 0.0513 e. The molecule has 1 saturated heterocycles. The number of ether oxygens (including phenoxy) is 1. The first-order valence-electron chi connectivity index (χ1n) is 7.29. The minimum Gasteiger partial charge on any atom is -0.381 e. The molecule has 3 heteroatoms. The molecule has 0 bridgehead atoms. The molecule has 0 aliphatic carbocycles. The van der Waals surface area contributed by atoms with Gasteiger partial charge >= 0.3 is 0 Å². The van der Waals surface area contributed by atoms with E-state index in [1.165, 1.54) is 16.3 Å². The van der Waals surface area contributed by atoms with Gasteiger partial charge in [-0.25, -0.2) is 0 Å². The van der Waals surface area contributed by atoms with Gasteiger partial charge in [-0.05, 0) is 35.4 Å². The Labute approximate surface area is 128 Å². The first-order chi connectivity index (χ1) is 9.81. The van der Waals surface area contributed by atoms with Gasteiger partial charge < -0.3 is 10.1 Å². The fourth-order valence-electron chi connectivity index (χ4n) is 3.12. The first-order valence-corrected chi connectivity index (χ1v) is 8.09. The van der Waals surface area contributed by atoms with E-state index in [1.807, 2.05) is 0 Å². The van der Waals surface area contributed by atoms with Crippen molar-refractivity contribution in [3.63, 3.8) is 0 Å².